The van der Waals surface area contributed by atoms with Gasteiger partial charge in [-0.2, -0.15) is 0 Å². The summed E-state index contributed by atoms with van der Waals surface area (Å²) in [6.45, 7) is 1.81. The Morgan fingerprint density at radius 1 is 1.21 bits per heavy atom. The molecule has 150 valence electrons. The topological polar surface area (TPSA) is 66.1 Å². The number of halogens is 1. The van der Waals surface area contributed by atoms with Crippen molar-refractivity contribution in [1.82, 2.24) is 9.80 Å². The number of amides is 2. The van der Waals surface area contributed by atoms with Crippen molar-refractivity contribution in [3.63, 3.8) is 0 Å². The molecule has 3 heterocycles. The molecule has 0 spiro atoms. The van der Waals surface area contributed by atoms with E-state index in [1.54, 1.807) is 36.6 Å². The van der Waals surface area contributed by atoms with Gasteiger partial charge in [-0.15, -0.1) is 0 Å². The first-order valence-electron chi connectivity index (χ1n) is 9.41. The first-order valence-corrected chi connectivity index (χ1v) is 10.4. The maximum Gasteiger partial charge on any atom is 0.278 e. The zero-order valence-corrected chi connectivity index (χ0v) is 16.5. The first kappa shape index (κ1) is 19.4. The number of hydrogen-bond acceptors (Lipinski definition) is 5. The van der Waals surface area contributed by atoms with Crippen LogP contribution < -0.4 is 0 Å². The lowest BCUT2D eigenvalue weighted by Gasteiger charge is -2.18. The van der Waals surface area contributed by atoms with Crippen molar-refractivity contribution in [2.45, 2.75) is 19.4 Å². The van der Waals surface area contributed by atoms with Crippen LogP contribution in [0.1, 0.15) is 24.2 Å². The van der Waals surface area contributed by atoms with Crippen LogP contribution in [0.4, 0.5) is 4.39 Å². The third-order valence-electron chi connectivity index (χ3n) is 4.76. The highest BCUT2D eigenvalue weighted by Crippen LogP contribution is 2.26. The molecule has 4 rings (SSSR count). The van der Waals surface area contributed by atoms with Gasteiger partial charge < -0.3 is 9.32 Å². The zero-order valence-electron chi connectivity index (χ0n) is 15.7. The Bertz CT molecular complexity index is 948. The highest BCUT2D eigenvalue weighted by molar-refractivity contribution is 8.14. The molecule has 1 saturated heterocycles. The van der Waals surface area contributed by atoms with Crippen LogP contribution in [0.3, 0.4) is 0 Å². The Morgan fingerprint density at radius 2 is 1.97 bits per heavy atom. The van der Waals surface area contributed by atoms with Gasteiger partial charge in [0.2, 0.25) is 5.91 Å². The minimum absolute atomic E-state index is 0.0524. The number of hydrogen-bond donors (Lipinski definition) is 0. The second-order valence-electron chi connectivity index (χ2n) is 6.82. The summed E-state index contributed by atoms with van der Waals surface area (Å²) < 4.78 is 18.5. The lowest BCUT2D eigenvalue weighted by Crippen LogP contribution is -2.33. The third kappa shape index (κ3) is 4.59. The highest BCUT2D eigenvalue weighted by atomic mass is 32.2. The van der Waals surface area contributed by atoms with Crippen LogP contribution in [-0.2, 0) is 16.1 Å². The number of carbonyl (C=O) groups excluding carboxylic acids is 2. The van der Waals surface area contributed by atoms with E-state index in [-0.39, 0.29) is 35.6 Å². The van der Waals surface area contributed by atoms with Crippen LogP contribution in [0.25, 0.3) is 6.08 Å². The van der Waals surface area contributed by atoms with Gasteiger partial charge in [0, 0.05) is 13.1 Å². The summed E-state index contributed by atoms with van der Waals surface area (Å²) in [4.78, 5) is 33.1. The predicted molar refractivity (Wildman–Crippen MR) is 109 cm³/mol. The fourth-order valence-corrected chi connectivity index (χ4v) is 4.14. The molecule has 6 nitrogen and oxygen atoms in total. The SMILES string of the molecule is O=C(CSC1=N/C(=C\c2ccc(F)cc2)C(=O)N1Cc1ccco1)N1CCCC1. The van der Waals surface area contributed by atoms with E-state index in [0.29, 0.717) is 16.5 Å². The van der Waals surface area contributed by atoms with Gasteiger partial charge in [0.25, 0.3) is 5.91 Å². The van der Waals surface area contributed by atoms with Gasteiger partial charge in [-0.3, -0.25) is 14.5 Å². The van der Waals surface area contributed by atoms with Gasteiger partial charge in [0.15, 0.2) is 5.17 Å². The predicted octanol–water partition coefficient (Wildman–Crippen LogP) is 3.51. The second-order valence-corrected chi connectivity index (χ2v) is 7.77. The quantitative estimate of drug-likeness (QED) is 0.704. The number of likely N-dealkylation sites (tertiary alicyclic amines) is 1. The molecule has 29 heavy (non-hydrogen) atoms. The van der Waals surface area contributed by atoms with Crippen molar-refractivity contribution in [1.29, 1.82) is 0 Å². The van der Waals surface area contributed by atoms with Crippen molar-refractivity contribution in [3.05, 3.63) is 65.5 Å². The summed E-state index contributed by atoms with van der Waals surface area (Å²) in [5, 5.41) is 0.465. The van der Waals surface area contributed by atoms with Crippen molar-refractivity contribution < 1.29 is 18.4 Å². The molecule has 0 aliphatic carbocycles. The van der Waals surface area contributed by atoms with E-state index in [1.807, 2.05) is 4.90 Å². The molecule has 2 aromatic rings. The molecule has 0 radical (unpaired) electrons. The van der Waals surface area contributed by atoms with Crippen LogP contribution in [-0.4, -0.2) is 45.6 Å². The van der Waals surface area contributed by atoms with E-state index >= 15 is 0 Å². The van der Waals surface area contributed by atoms with Gasteiger partial charge in [-0.25, -0.2) is 9.38 Å². The molecular weight excluding hydrogens is 393 g/mol. The van der Waals surface area contributed by atoms with E-state index < -0.39 is 0 Å². The van der Waals surface area contributed by atoms with Crippen LogP contribution >= 0.6 is 11.8 Å². The van der Waals surface area contributed by atoms with Crippen molar-refractivity contribution in [2.24, 2.45) is 4.99 Å². The molecule has 2 amide bonds. The van der Waals surface area contributed by atoms with E-state index in [4.69, 9.17) is 4.42 Å². The summed E-state index contributed by atoms with van der Waals surface area (Å²) in [7, 11) is 0. The maximum atomic E-state index is 13.1. The first-order chi connectivity index (χ1) is 14.1. The van der Waals surface area contributed by atoms with E-state index in [2.05, 4.69) is 4.99 Å². The maximum absolute atomic E-state index is 13.1. The standard InChI is InChI=1S/C21H20FN3O3S/c22-16-7-5-15(6-8-16)12-18-20(27)25(13-17-4-3-11-28-17)21(23-18)29-14-19(26)24-9-1-2-10-24/h3-8,11-12H,1-2,9-10,13-14H2/b18-12-. The Morgan fingerprint density at radius 3 is 2.66 bits per heavy atom. The fraction of sp³-hybridized carbons (Fsp3) is 0.286. The number of aliphatic imine (C=N–C) groups is 1. The van der Waals surface area contributed by atoms with Gasteiger partial charge in [0.05, 0.1) is 18.6 Å². The third-order valence-corrected chi connectivity index (χ3v) is 5.72. The van der Waals surface area contributed by atoms with Gasteiger partial charge in [-0.1, -0.05) is 23.9 Å². The lowest BCUT2D eigenvalue weighted by molar-refractivity contribution is -0.127. The van der Waals surface area contributed by atoms with Crippen LogP contribution in [0.2, 0.25) is 0 Å². The van der Waals surface area contributed by atoms with Gasteiger partial charge >= 0.3 is 0 Å². The Hall–Kier alpha value is -2.87. The number of nitrogens with zero attached hydrogens (tertiary/aromatic N) is 3. The van der Waals surface area contributed by atoms with E-state index in [9.17, 15) is 14.0 Å². The summed E-state index contributed by atoms with van der Waals surface area (Å²) in [5.74, 6) is 0.286. The number of thioether (sulfide) groups is 1. The highest BCUT2D eigenvalue weighted by Gasteiger charge is 2.32. The molecular formula is C21H20FN3O3S. The molecule has 1 aromatic heterocycles. The van der Waals surface area contributed by atoms with E-state index in [0.717, 1.165) is 25.9 Å². The van der Waals surface area contributed by atoms with Crippen LogP contribution in [0.5, 0.6) is 0 Å². The number of furan rings is 1. The molecule has 8 heteroatoms. The minimum atomic E-state index is -0.343. The molecule has 0 bridgehead atoms. The summed E-state index contributed by atoms with van der Waals surface area (Å²) in [5.41, 5.74) is 0.926. The van der Waals surface area contributed by atoms with Crippen molar-refractivity contribution in [3.8, 4) is 0 Å². The fourth-order valence-electron chi connectivity index (χ4n) is 3.24. The number of rotatable bonds is 5. The number of carbonyl (C=O) groups is 2. The van der Waals surface area contributed by atoms with Gasteiger partial charge in [0.1, 0.15) is 17.3 Å². The summed E-state index contributed by atoms with van der Waals surface area (Å²) in [6.07, 6.45) is 5.23. The number of amidine groups is 1. The van der Waals surface area contributed by atoms with Crippen molar-refractivity contribution >= 4 is 34.8 Å². The molecule has 1 fully saturated rings. The van der Waals surface area contributed by atoms with Crippen molar-refractivity contribution in [2.75, 3.05) is 18.8 Å². The molecule has 0 N–H and O–H groups in total. The molecule has 0 saturated carbocycles. The van der Waals surface area contributed by atoms with Gasteiger partial charge in [-0.05, 0) is 48.7 Å². The molecule has 0 unspecified atom stereocenters. The average molecular weight is 413 g/mol. The monoisotopic (exact) mass is 413 g/mol. The second kappa shape index (κ2) is 8.65. The molecule has 1 aromatic carbocycles. The Balaban J connectivity index is 1.53. The number of benzene rings is 1. The summed E-state index contributed by atoms with van der Waals surface area (Å²) >= 11 is 1.25. The lowest BCUT2D eigenvalue weighted by atomic mass is 10.2. The molecule has 2 aliphatic rings. The van der Waals surface area contributed by atoms with Crippen LogP contribution in [0.15, 0.2) is 57.8 Å². The zero-order chi connectivity index (χ0) is 20.2. The average Bonchev–Trinajstić information content (AvgIpc) is 3.47. The minimum Gasteiger partial charge on any atom is -0.467 e. The van der Waals surface area contributed by atoms with E-state index in [1.165, 1.54) is 28.8 Å². The Labute approximate surface area is 172 Å². The summed E-state index contributed by atoms with van der Waals surface area (Å²) in [6, 6.07) is 9.38. The Kier molecular flexibility index (Phi) is 5.80. The van der Waals surface area contributed by atoms with Crippen LogP contribution in [0, 0.1) is 5.82 Å². The normalized spacial score (nSPS) is 18.0. The smallest absolute Gasteiger partial charge is 0.278 e. The molecule has 0 atom stereocenters. The largest absolute Gasteiger partial charge is 0.467 e. The molecule has 2 aliphatic heterocycles.